The van der Waals surface area contributed by atoms with Crippen LogP contribution in [0.15, 0.2) is 11.6 Å². The first-order valence-electron chi connectivity index (χ1n) is 5.09. The second-order valence-corrected chi connectivity index (χ2v) is 4.42. The van der Waals surface area contributed by atoms with Gasteiger partial charge in [-0.25, -0.2) is 4.79 Å². The van der Waals surface area contributed by atoms with Crippen LogP contribution in [0.2, 0.25) is 0 Å². The van der Waals surface area contributed by atoms with E-state index < -0.39 is 5.97 Å². The lowest BCUT2D eigenvalue weighted by Crippen LogP contribution is -2.41. The van der Waals surface area contributed by atoms with Crippen molar-refractivity contribution in [3.63, 3.8) is 0 Å². The van der Waals surface area contributed by atoms with Gasteiger partial charge >= 0.3 is 12.0 Å². The Morgan fingerprint density at radius 2 is 2.12 bits per heavy atom. The lowest BCUT2D eigenvalue weighted by Gasteiger charge is -2.12. The zero-order valence-corrected chi connectivity index (χ0v) is 9.59. The van der Waals surface area contributed by atoms with Crippen LogP contribution in [0.1, 0.15) is 19.3 Å². The van der Waals surface area contributed by atoms with E-state index in [0.29, 0.717) is 24.3 Å². The molecule has 0 aliphatic heterocycles. The van der Waals surface area contributed by atoms with E-state index in [-0.39, 0.29) is 24.5 Å². The van der Waals surface area contributed by atoms with Crippen LogP contribution in [0.5, 0.6) is 0 Å². The minimum Gasteiger partial charge on any atom is -0.481 e. The summed E-state index contributed by atoms with van der Waals surface area (Å²) in [5.41, 5.74) is 0. The van der Waals surface area contributed by atoms with E-state index in [9.17, 15) is 9.59 Å². The Hall–Kier alpha value is -1.23. The predicted octanol–water partition coefficient (Wildman–Crippen LogP) is 1.29. The Balaban J connectivity index is 2.26. The summed E-state index contributed by atoms with van der Waals surface area (Å²) in [6.07, 6.45) is 1.80. The number of hydrogen-bond acceptors (Lipinski definition) is 2. The van der Waals surface area contributed by atoms with Gasteiger partial charge in [0.2, 0.25) is 0 Å². The lowest BCUT2D eigenvalue weighted by molar-refractivity contribution is -0.141. The van der Waals surface area contributed by atoms with Crippen molar-refractivity contribution in [3.8, 4) is 0 Å². The fraction of sp³-hybridized carbons (Fsp3) is 0.600. The molecule has 2 atom stereocenters. The minimum absolute atomic E-state index is 0.0651. The van der Waals surface area contributed by atoms with E-state index >= 15 is 0 Å². The van der Waals surface area contributed by atoms with Gasteiger partial charge in [0.25, 0.3) is 0 Å². The molecule has 3 N–H and O–H groups in total. The maximum atomic E-state index is 11.3. The van der Waals surface area contributed by atoms with Crippen molar-refractivity contribution in [1.29, 1.82) is 0 Å². The molecular formula is C10H15ClN2O3. The standard InChI is InChI=1S/C10H15ClN2O3/c1-6(11)5-12-10(16)13-8-3-2-7(4-8)9(14)15/h7-8H,1-5H2,(H,14,15)(H2,12,13,16). The lowest BCUT2D eigenvalue weighted by atomic mass is 10.1. The first-order valence-corrected chi connectivity index (χ1v) is 5.47. The maximum Gasteiger partial charge on any atom is 0.315 e. The second kappa shape index (κ2) is 5.75. The van der Waals surface area contributed by atoms with E-state index in [2.05, 4.69) is 17.2 Å². The number of carbonyl (C=O) groups excluding carboxylic acids is 1. The molecule has 0 aromatic rings. The van der Waals surface area contributed by atoms with Gasteiger partial charge in [0.05, 0.1) is 12.5 Å². The SMILES string of the molecule is C=C(Cl)CNC(=O)NC1CCC(C(=O)O)C1. The first-order chi connectivity index (χ1) is 7.49. The summed E-state index contributed by atoms with van der Waals surface area (Å²) in [7, 11) is 0. The molecular weight excluding hydrogens is 232 g/mol. The fourth-order valence-corrected chi connectivity index (χ4v) is 1.82. The van der Waals surface area contributed by atoms with Crippen molar-refractivity contribution >= 4 is 23.6 Å². The van der Waals surface area contributed by atoms with E-state index in [1.54, 1.807) is 0 Å². The topological polar surface area (TPSA) is 78.4 Å². The quantitative estimate of drug-likeness (QED) is 0.700. The number of rotatable bonds is 4. The van der Waals surface area contributed by atoms with Crippen molar-refractivity contribution in [2.75, 3.05) is 6.54 Å². The van der Waals surface area contributed by atoms with Gasteiger partial charge in [0, 0.05) is 11.1 Å². The predicted molar refractivity (Wildman–Crippen MR) is 60.3 cm³/mol. The molecule has 16 heavy (non-hydrogen) atoms. The number of halogens is 1. The number of carboxylic acids is 1. The zero-order chi connectivity index (χ0) is 12.1. The van der Waals surface area contributed by atoms with Crippen LogP contribution in [0.25, 0.3) is 0 Å². The summed E-state index contributed by atoms with van der Waals surface area (Å²) >= 11 is 5.49. The molecule has 6 heteroatoms. The van der Waals surface area contributed by atoms with Gasteiger partial charge in [-0.15, -0.1) is 0 Å². The van der Waals surface area contributed by atoms with Crippen molar-refractivity contribution < 1.29 is 14.7 Å². The Morgan fingerprint density at radius 3 is 2.62 bits per heavy atom. The van der Waals surface area contributed by atoms with Crippen LogP contribution in [-0.2, 0) is 4.79 Å². The largest absolute Gasteiger partial charge is 0.481 e. The highest BCUT2D eigenvalue weighted by Crippen LogP contribution is 2.25. The summed E-state index contributed by atoms with van der Waals surface area (Å²) < 4.78 is 0. The molecule has 1 aliphatic carbocycles. The van der Waals surface area contributed by atoms with Gasteiger partial charge in [0.15, 0.2) is 0 Å². The van der Waals surface area contributed by atoms with Crippen LogP contribution < -0.4 is 10.6 Å². The van der Waals surface area contributed by atoms with E-state index in [1.165, 1.54) is 0 Å². The molecule has 2 amide bonds. The van der Waals surface area contributed by atoms with E-state index in [1.807, 2.05) is 0 Å². The number of hydrogen-bond donors (Lipinski definition) is 3. The Morgan fingerprint density at radius 1 is 1.44 bits per heavy atom. The summed E-state index contributed by atoms with van der Waals surface area (Å²) in [6.45, 7) is 3.65. The normalized spacial score (nSPS) is 23.8. The van der Waals surface area contributed by atoms with Crippen LogP contribution in [-0.4, -0.2) is 29.7 Å². The van der Waals surface area contributed by atoms with Crippen LogP contribution in [0.3, 0.4) is 0 Å². The Kier molecular flexibility index (Phi) is 4.61. The minimum atomic E-state index is -0.793. The average Bonchev–Trinajstić information content (AvgIpc) is 2.63. The molecule has 90 valence electrons. The van der Waals surface area contributed by atoms with E-state index in [4.69, 9.17) is 16.7 Å². The van der Waals surface area contributed by atoms with Gasteiger partial charge in [-0.3, -0.25) is 4.79 Å². The molecule has 1 fully saturated rings. The molecule has 0 bridgehead atoms. The molecule has 0 heterocycles. The number of nitrogens with one attached hydrogen (secondary N) is 2. The zero-order valence-electron chi connectivity index (χ0n) is 8.83. The smallest absolute Gasteiger partial charge is 0.315 e. The summed E-state index contributed by atoms with van der Waals surface area (Å²) in [4.78, 5) is 22.0. The summed E-state index contributed by atoms with van der Waals surface area (Å²) in [5, 5.41) is 14.4. The van der Waals surface area contributed by atoms with Crippen molar-refractivity contribution in [3.05, 3.63) is 11.6 Å². The fourth-order valence-electron chi connectivity index (χ4n) is 1.75. The molecule has 0 saturated heterocycles. The number of urea groups is 1. The Labute approximate surface area is 98.8 Å². The molecule has 1 rings (SSSR count). The highest BCUT2D eigenvalue weighted by molar-refractivity contribution is 6.29. The van der Waals surface area contributed by atoms with Gasteiger partial charge in [-0.05, 0) is 19.3 Å². The van der Waals surface area contributed by atoms with Gasteiger partial charge in [-0.2, -0.15) is 0 Å². The third kappa shape index (κ3) is 4.10. The average molecular weight is 247 g/mol. The highest BCUT2D eigenvalue weighted by atomic mass is 35.5. The number of aliphatic carboxylic acids is 1. The molecule has 0 aromatic heterocycles. The highest BCUT2D eigenvalue weighted by Gasteiger charge is 2.30. The van der Waals surface area contributed by atoms with Crippen molar-refractivity contribution in [2.24, 2.45) is 5.92 Å². The van der Waals surface area contributed by atoms with Crippen LogP contribution in [0, 0.1) is 5.92 Å². The molecule has 0 aromatic carbocycles. The van der Waals surface area contributed by atoms with Gasteiger partial charge < -0.3 is 15.7 Å². The monoisotopic (exact) mass is 246 g/mol. The molecule has 1 saturated carbocycles. The van der Waals surface area contributed by atoms with Crippen LogP contribution >= 0.6 is 11.6 Å². The molecule has 5 nitrogen and oxygen atoms in total. The molecule has 0 radical (unpaired) electrons. The van der Waals surface area contributed by atoms with Crippen molar-refractivity contribution in [2.45, 2.75) is 25.3 Å². The molecule has 0 spiro atoms. The Bertz CT molecular complexity index is 306. The third-order valence-electron chi connectivity index (χ3n) is 2.56. The third-order valence-corrected chi connectivity index (χ3v) is 2.69. The van der Waals surface area contributed by atoms with E-state index in [0.717, 1.165) is 0 Å². The summed E-state index contributed by atoms with van der Waals surface area (Å²) in [6, 6.07) is -0.400. The number of carbonyl (C=O) groups is 2. The first kappa shape index (κ1) is 12.8. The molecule has 2 unspecified atom stereocenters. The molecule has 1 aliphatic rings. The number of amides is 2. The number of carboxylic acid groups (broad SMARTS) is 1. The van der Waals surface area contributed by atoms with Gasteiger partial charge in [0.1, 0.15) is 0 Å². The van der Waals surface area contributed by atoms with Crippen molar-refractivity contribution in [1.82, 2.24) is 10.6 Å². The van der Waals surface area contributed by atoms with Crippen LogP contribution in [0.4, 0.5) is 4.79 Å². The summed E-state index contributed by atoms with van der Waals surface area (Å²) in [5.74, 6) is -1.13. The second-order valence-electron chi connectivity index (χ2n) is 3.89. The maximum absolute atomic E-state index is 11.3. The van der Waals surface area contributed by atoms with Gasteiger partial charge in [-0.1, -0.05) is 18.2 Å².